The number of carbonyl (C=O) groups is 2. The van der Waals surface area contributed by atoms with Crippen molar-refractivity contribution >= 4 is 23.4 Å². The molecule has 3 aromatic rings. The summed E-state index contributed by atoms with van der Waals surface area (Å²) in [5.74, 6) is -0.738. The number of ketones is 1. The van der Waals surface area contributed by atoms with E-state index in [1.807, 2.05) is 36.4 Å². The molecule has 0 fully saturated rings. The maximum atomic E-state index is 13.4. The fourth-order valence-electron chi connectivity index (χ4n) is 3.05. The summed E-state index contributed by atoms with van der Waals surface area (Å²) in [6.45, 7) is 0. The molecule has 1 atom stereocenters. The molecule has 1 aliphatic heterocycles. The Bertz CT molecular complexity index is 1030. The van der Waals surface area contributed by atoms with E-state index >= 15 is 0 Å². The standard InChI is InChI=1S/C19H15N5O3/c1-27-18(26)16-14(17(25)13-10-6-3-7-11-13)15(12-8-4-2-5-9-12)20-19-21-22-23-24(16)19/h2-11,15H,1H3,(H,20,21,23)/t15-/m0/s1. The van der Waals surface area contributed by atoms with Crippen molar-refractivity contribution in [3.8, 4) is 0 Å². The number of hydrogen-bond acceptors (Lipinski definition) is 7. The Balaban J connectivity index is 1.97. The van der Waals surface area contributed by atoms with Crippen molar-refractivity contribution in [2.45, 2.75) is 6.04 Å². The van der Waals surface area contributed by atoms with Gasteiger partial charge < -0.3 is 10.1 Å². The second-order valence-electron chi connectivity index (χ2n) is 5.85. The Hall–Kier alpha value is -3.81. The van der Waals surface area contributed by atoms with Crippen molar-refractivity contribution in [1.29, 1.82) is 0 Å². The van der Waals surface area contributed by atoms with E-state index in [0.717, 1.165) is 5.56 Å². The van der Waals surface area contributed by atoms with Crippen molar-refractivity contribution < 1.29 is 14.3 Å². The van der Waals surface area contributed by atoms with Gasteiger partial charge in [-0.25, -0.2) is 4.79 Å². The van der Waals surface area contributed by atoms with E-state index in [0.29, 0.717) is 5.56 Å². The maximum Gasteiger partial charge on any atom is 0.357 e. The summed E-state index contributed by atoms with van der Waals surface area (Å²) < 4.78 is 6.12. The molecule has 0 bridgehead atoms. The molecule has 0 saturated heterocycles. The zero-order chi connectivity index (χ0) is 18.8. The second kappa shape index (κ2) is 6.83. The van der Waals surface area contributed by atoms with E-state index in [9.17, 15) is 9.59 Å². The zero-order valence-corrected chi connectivity index (χ0v) is 14.4. The van der Waals surface area contributed by atoms with Gasteiger partial charge in [-0.05, 0) is 16.0 Å². The molecular formula is C19H15N5O3. The number of hydrogen-bond donors (Lipinski definition) is 1. The molecule has 0 unspecified atom stereocenters. The van der Waals surface area contributed by atoms with E-state index < -0.39 is 12.0 Å². The molecule has 8 nitrogen and oxygen atoms in total. The molecule has 0 aliphatic carbocycles. The van der Waals surface area contributed by atoms with Crippen LogP contribution in [0.2, 0.25) is 0 Å². The molecule has 1 aliphatic rings. The number of fused-ring (bicyclic) bond motifs is 1. The lowest BCUT2D eigenvalue weighted by Crippen LogP contribution is -2.31. The minimum Gasteiger partial charge on any atom is -0.464 e. The van der Waals surface area contributed by atoms with Crippen LogP contribution in [-0.4, -0.2) is 39.1 Å². The van der Waals surface area contributed by atoms with Crippen LogP contribution in [0.15, 0.2) is 66.2 Å². The summed E-state index contributed by atoms with van der Waals surface area (Å²) in [6, 6.07) is 17.5. The number of anilines is 1. The van der Waals surface area contributed by atoms with Crippen LogP contribution in [0.4, 0.5) is 5.95 Å². The molecule has 27 heavy (non-hydrogen) atoms. The number of esters is 1. The van der Waals surface area contributed by atoms with Gasteiger partial charge in [-0.2, -0.15) is 4.68 Å². The van der Waals surface area contributed by atoms with Gasteiger partial charge in [0.05, 0.1) is 18.7 Å². The van der Waals surface area contributed by atoms with Gasteiger partial charge in [-0.1, -0.05) is 65.8 Å². The number of benzene rings is 2. The highest BCUT2D eigenvalue weighted by Gasteiger charge is 2.38. The van der Waals surface area contributed by atoms with E-state index in [2.05, 4.69) is 20.8 Å². The summed E-state index contributed by atoms with van der Waals surface area (Å²) in [5.41, 5.74) is 1.47. The van der Waals surface area contributed by atoms with E-state index in [4.69, 9.17) is 4.74 Å². The third-order valence-electron chi connectivity index (χ3n) is 4.29. The molecule has 0 radical (unpaired) electrons. The highest BCUT2D eigenvalue weighted by Crippen LogP contribution is 2.36. The fourth-order valence-corrected chi connectivity index (χ4v) is 3.05. The molecule has 0 spiro atoms. The molecule has 134 valence electrons. The van der Waals surface area contributed by atoms with Crippen molar-refractivity contribution in [2.24, 2.45) is 0 Å². The first-order valence-corrected chi connectivity index (χ1v) is 8.23. The zero-order valence-electron chi connectivity index (χ0n) is 14.4. The Morgan fingerprint density at radius 3 is 2.37 bits per heavy atom. The maximum absolute atomic E-state index is 13.4. The lowest BCUT2D eigenvalue weighted by Gasteiger charge is -2.28. The second-order valence-corrected chi connectivity index (χ2v) is 5.85. The summed E-state index contributed by atoms with van der Waals surface area (Å²) in [4.78, 5) is 25.9. The minimum absolute atomic E-state index is 0.000967. The van der Waals surface area contributed by atoms with Crippen molar-refractivity contribution in [3.05, 3.63) is 77.4 Å². The van der Waals surface area contributed by atoms with Crippen LogP contribution in [0.25, 0.3) is 5.70 Å². The van der Waals surface area contributed by atoms with Crippen LogP contribution in [0.3, 0.4) is 0 Å². The predicted molar refractivity (Wildman–Crippen MR) is 96.6 cm³/mol. The quantitative estimate of drug-likeness (QED) is 0.561. The van der Waals surface area contributed by atoms with Gasteiger partial charge in [-0.15, -0.1) is 0 Å². The average molecular weight is 361 g/mol. The summed E-state index contributed by atoms with van der Waals surface area (Å²) in [6.07, 6.45) is 0. The first-order chi connectivity index (χ1) is 13.2. The number of Topliss-reactive ketones (excluding diaryl/α,β-unsaturated/α-hetero) is 1. The number of nitrogens with zero attached hydrogens (tertiary/aromatic N) is 4. The summed E-state index contributed by atoms with van der Waals surface area (Å²) in [5, 5.41) is 14.5. The van der Waals surface area contributed by atoms with E-state index in [1.54, 1.807) is 24.3 Å². The fraction of sp³-hybridized carbons (Fsp3) is 0.105. The van der Waals surface area contributed by atoms with Gasteiger partial charge >= 0.3 is 5.97 Å². The predicted octanol–water partition coefficient (Wildman–Crippen LogP) is 2.11. The summed E-state index contributed by atoms with van der Waals surface area (Å²) in [7, 11) is 1.25. The number of nitrogens with one attached hydrogen (secondary N) is 1. The van der Waals surface area contributed by atoms with Gasteiger partial charge in [-0.3, -0.25) is 4.79 Å². The van der Waals surface area contributed by atoms with Crippen LogP contribution in [0, 0.1) is 0 Å². The minimum atomic E-state index is -0.690. The highest BCUT2D eigenvalue weighted by molar-refractivity contribution is 6.24. The summed E-state index contributed by atoms with van der Waals surface area (Å²) >= 11 is 0. The Morgan fingerprint density at radius 1 is 1.04 bits per heavy atom. The third kappa shape index (κ3) is 2.86. The number of rotatable bonds is 4. The van der Waals surface area contributed by atoms with Crippen LogP contribution < -0.4 is 5.32 Å². The van der Waals surface area contributed by atoms with Gasteiger partial charge in [0.15, 0.2) is 11.5 Å². The molecule has 0 amide bonds. The average Bonchev–Trinajstić information content (AvgIpc) is 3.21. The molecule has 8 heteroatoms. The number of methoxy groups -OCH3 is 1. The SMILES string of the molecule is COC(=O)C1=C(C(=O)c2ccccc2)[C@H](c2ccccc2)Nc2nnnn21. The number of aromatic nitrogens is 4. The van der Waals surface area contributed by atoms with Gasteiger partial charge in [0.25, 0.3) is 0 Å². The molecular weight excluding hydrogens is 346 g/mol. The van der Waals surface area contributed by atoms with Crippen LogP contribution in [-0.2, 0) is 9.53 Å². The molecule has 2 aromatic carbocycles. The molecule has 4 rings (SSSR count). The van der Waals surface area contributed by atoms with Gasteiger partial charge in [0.1, 0.15) is 0 Å². The number of tetrazole rings is 1. The van der Waals surface area contributed by atoms with Crippen LogP contribution in [0.1, 0.15) is 22.0 Å². The number of ether oxygens (including phenoxy) is 1. The van der Waals surface area contributed by atoms with E-state index in [1.165, 1.54) is 11.8 Å². The molecule has 1 N–H and O–H groups in total. The normalized spacial score (nSPS) is 15.7. The van der Waals surface area contributed by atoms with Gasteiger partial charge in [0, 0.05) is 5.56 Å². The highest BCUT2D eigenvalue weighted by atomic mass is 16.5. The van der Waals surface area contributed by atoms with Crippen molar-refractivity contribution in [2.75, 3.05) is 12.4 Å². The Morgan fingerprint density at radius 2 is 1.70 bits per heavy atom. The van der Waals surface area contributed by atoms with Crippen LogP contribution >= 0.6 is 0 Å². The van der Waals surface area contributed by atoms with E-state index in [-0.39, 0.29) is 23.0 Å². The molecule has 1 aromatic heterocycles. The Labute approximate surface area is 154 Å². The largest absolute Gasteiger partial charge is 0.464 e. The molecule has 2 heterocycles. The van der Waals surface area contributed by atoms with Crippen LogP contribution in [0.5, 0.6) is 0 Å². The smallest absolute Gasteiger partial charge is 0.357 e. The molecule has 0 saturated carbocycles. The topological polar surface area (TPSA) is 99.0 Å². The Kier molecular flexibility index (Phi) is 4.21. The first-order valence-electron chi connectivity index (χ1n) is 8.23. The van der Waals surface area contributed by atoms with Gasteiger partial charge in [0.2, 0.25) is 5.95 Å². The monoisotopic (exact) mass is 361 g/mol. The first kappa shape index (κ1) is 16.6. The lowest BCUT2D eigenvalue weighted by atomic mass is 9.89. The number of carbonyl (C=O) groups excluding carboxylic acids is 2. The lowest BCUT2D eigenvalue weighted by molar-refractivity contribution is -0.134. The van der Waals surface area contributed by atoms with Crippen molar-refractivity contribution in [3.63, 3.8) is 0 Å². The third-order valence-corrected chi connectivity index (χ3v) is 4.29. The van der Waals surface area contributed by atoms with Crippen molar-refractivity contribution in [1.82, 2.24) is 20.2 Å².